The second-order valence-electron chi connectivity index (χ2n) is 18.2. The third kappa shape index (κ3) is 6.31. The number of allylic oxidation sites excluding steroid dienone is 2. The summed E-state index contributed by atoms with van der Waals surface area (Å²) in [6.45, 7) is 11.2. The largest absolute Gasteiger partial charge is 0.491 e. The monoisotopic (exact) mass is 778 g/mol. The molecule has 0 aromatic rings. The Hall–Kier alpha value is -1.24. The van der Waals surface area contributed by atoms with Gasteiger partial charge < -0.3 is 67.4 Å². The van der Waals surface area contributed by atoms with Crippen LogP contribution in [0.4, 0.5) is 0 Å². The van der Waals surface area contributed by atoms with Crippen LogP contribution in [0.5, 0.6) is 0 Å². The van der Waals surface area contributed by atoms with Gasteiger partial charge in [0.25, 0.3) is 0 Å². The Morgan fingerprint density at radius 3 is 2.29 bits per heavy atom. The molecule has 3 N–H and O–H groups in total. The first kappa shape index (κ1) is 39.2. The van der Waals surface area contributed by atoms with Crippen LogP contribution in [0.2, 0.25) is 0 Å². The van der Waals surface area contributed by atoms with E-state index in [1.807, 2.05) is 13.8 Å². The molecule has 7 fully saturated rings. The van der Waals surface area contributed by atoms with Crippen molar-refractivity contribution in [1.29, 1.82) is 0 Å². The fraction of sp³-hybridized carbons (Fsp3) is 0.902. The third-order valence-electron chi connectivity index (χ3n) is 15.1. The minimum atomic E-state index is -1.11. The number of hydrogen-bond donors (Lipinski definition) is 3. The molecular weight excluding hydrogens is 716 g/mol. The Morgan fingerprint density at radius 2 is 1.53 bits per heavy atom. The van der Waals surface area contributed by atoms with Crippen molar-refractivity contribution in [2.24, 2.45) is 22.7 Å². The number of rotatable bonds is 8. The zero-order valence-electron chi connectivity index (χ0n) is 33.3. The summed E-state index contributed by atoms with van der Waals surface area (Å²) in [7, 11) is 3.09. The van der Waals surface area contributed by atoms with Gasteiger partial charge in [-0.15, -0.1) is 0 Å². The number of aliphatic hydroxyl groups is 3. The maximum atomic E-state index is 11.6. The molecule has 9 rings (SSSR count). The van der Waals surface area contributed by atoms with E-state index in [1.54, 1.807) is 21.1 Å². The van der Waals surface area contributed by atoms with E-state index in [0.29, 0.717) is 25.6 Å². The van der Waals surface area contributed by atoms with Gasteiger partial charge in [-0.2, -0.15) is 0 Å². The van der Waals surface area contributed by atoms with Crippen LogP contribution in [0.3, 0.4) is 0 Å². The van der Waals surface area contributed by atoms with Gasteiger partial charge in [0.2, 0.25) is 0 Å². The molecule has 310 valence electrons. The molecule has 0 aromatic carbocycles. The minimum absolute atomic E-state index is 0.0259. The number of hydrogen-bond acceptors (Lipinski definition) is 14. The summed E-state index contributed by atoms with van der Waals surface area (Å²) in [5.41, 5.74) is 2.86. The Morgan fingerprint density at radius 1 is 0.782 bits per heavy atom. The highest BCUT2D eigenvalue weighted by molar-refractivity contribution is 5.40. The van der Waals surface area contributed by atoms with Gasteiger partial charge >= 0.3 is 0 Å². The van der Waals surface area contributed by atoms with Crippen LogP contribution in [0.25, 0.3) is 0 Å². The van der Waals surface area contributed by atoms with Crippen LogP contribution < -0.4 is 0 Å². The van der Waals surface area contributed by atoms with Crippen LogP contribution in [0, 0.1) is 22.7 Å². The molecule has 55 heavy (non-hydrogen) atoms. The average Bonchev–Trinajstić information content (AvgIpc) is 3.79. The Kier molecular flexibility index (Phi) is 10.3. The maximum absolute atomic E-state index is 11.6. The molecule has 0 amide bonds. The molecule has 0 radical (unpaired) electrons. The van der Waals surface area contributed by atoms with E-state index in [2.05, 4.69) is 19.9 Å². The zero-order chi connectivity index (χ0) is 38.6. The lowest BCUT2D eigenvalue weighted by molar-refractivity contribution is -0.352. The van der Waals surface area contributed by atoms with Crippen molar-refractivity contribution in [3.8, 4) is 0 Å². The van der Waals surface area contributed by atoms with Crippen molar-refractivity contribution >= 4 is 0 Å². The molecule has 20 atom stereocenters. The number of aliphatic hydroxyl groups excluding tert-OH is 3. The van der Waals surface area contributed by atoms with E-state index in [9.17, 15) is 15.3 Å². The molecule has 14 nitrogen and oxygen atoms in total. The van der Waals surface area contributed by atoms with Gasteiger partial charge in [-0.05, 0) is 83.1 Å². The Labute approximate surface area is 324 Å². The molecule has 1 spiro atoms. The second-order valence-corrected chi connectivity index (χ2v) is 18.2. The van der Waals surface area contributed by atoms with Gasteiger partial charge in [0, 0.05) is 27.1 Å². The fourth-order valence-corrected chi connectivity index (χ4v) is 12.1. The molecule has 6 heterocycles. The van der Waals surface area contributed by atoms with Gasteiger partial charge in [-0.25, -0.2) is 0 Å². The van der Waals surface area contributed by atoms with Gasteiger partial charge in [0.05, 0.1) is 61.2 Å². The molecule has 9 aliphatic rings. The van der Waals surface area contributed by atoms with Crippen LogP contribution >= 0.6 is 0 Å². The molecule has 3 aliphatic carbocycles. The van der Waals surface area contributed by atoms with E-state index in [0.717, 1.165) is 38.5 Å². The summed E-state index contributed by atoms with van der Waals surface area (Å²) >= 11 is 0. The highest BCUT2D eigenvalue weighted by Crippen LogP contribution is 2.68. The zero-order valence-corrected chi connectivity index (χ0v) is 33.3. The van der Waals surface area contributed by atoms with Gasteiger partial charge in [0.1, 0.15) is 42.4 Å². The van der Waals surface area contributed by atoms with Crippen molar-refractivity contribution in [2.45, 2.75) is 184 Å². The number of fused-ring (bicyclic) bond motifs is 3. The Balaban J connectivity index is 0.815. The minimum Gasteiger partial charge on any atom is -0.491 e. The molecule has 6 saturated heterocycles. The topological polar surface area (TPSA) is 162 Å². The predicted octanol–water partition coefficient (Wildman–Crippen LogP) is 3.23. The lowest BCUT2D eigenvalue weighted by Gasteiger charge is -2.52. The highest BCUT2D eigenvalue weighted by Gasteiger charge is 2.72. The van der Waals surface area contributed by atoms with Gasteiger partial charge in [-0.1, -0.05) is 18.6 Å². The van der Waals surface area contributed by atoms with Crippen LogP contribution in [-0.2, 0) is 52.1 Å². The number of ether oxygens (including phenoxy) is 11. The third-order valence-corrected chi connectivity index (χ3v) is 15.1. The molecule has 0 aromatic heterocycles. The number of methoxy groups -OCH3 is 2. The molecule has 0 bridgehead atoms. The first-order chi connectivity index (χ1) is 26.3. The quantitative estimate of drug-likeness (QED) is 0.308. The van der Waals surface area contributed by atoms with Crippen molar-refractivity contribution < 1.29 is 67.4 Å². The fourth-order valence-electron chi connectivity index (χ4n) is 12.1. The molecular formula is C41H62O14. The SMILES string of the molecule is CO[C@@H]1[C@@H](O)[C@H](O[C@H]2CC[C@@]3(C)C(=CCC4=C5O[C@@H]6CO[C@]7(C)OC[C@@]5(CC[C@@H]43)[C@H]67)C2)O[C@H](C)[C@H]1O[C@H]1C[C@H](O)[C@H](O[C@H]2C[C@H](OC)[C@H](O)[C@@H](C)O2)[C@@H](C)O1. The maximum Gasteiger partial charge on any atom is 0.186 e. The van der Waals surface area contributed by atoms with Crippen molar-refractivity contribution in [3.63, 3.8) is 0 Å². The van der Waals surface area contributed by atoms with Gasteiger partial charge in [-0.3, -0.25) is 0 Å². The second kappa shape index (κ2) is 14.5. The summed E-state index contributed by atoms with van der Waals surface area (Å²) in [5, 5.41) is 33.1. The van der Waals surface area contributed by atoms with E-state index in [4.69, 9.17) is 52.1 Å². The lowest BCUT2D eigenvalue weighted by Crippen LogP contribution is -2.61. The highest BCUT2D eigenvalue weighted by atomic mass is 16.8. The van der Waals surface area contributed by atoms with Crippen LogP contribution in [0.1, 0.15) is 86.0 Å². The summed E-state index contributed by atoms with van der Waals surface area (Å²) in [4.78, 5) is 0. The molecule has 14 heteroatoms. The molecule has 0 unspecified atom stereocenters. The van der Waals surface area contributed by atoms with Crippen LogP contribution in [0.15, 0.2) is 23.0 Å². The van der Waals surface area contributed by atoms with E-state index in [1.165, 1.54) is 16.9 Å². The normalized spacial score (nSPS) is 54.6. The van der Waals surface area contributed by atoms with Crippen molar-refractivity contribution in [3.05, 3.63) is 23.0 Å². The van der Waals surface area contributed by atoms with Gasteiger partial charge in [0.15, 0.2) is 24.7 Å². The molecule has 1 saturated carbocycles. The van der Waals surface area contributed by atoms with E-state index >= 15 is 0 Å². The van der Waals surface area contributed by atoms with Crippen molar-refractivity contribution in [1.82, 2.24) is 0 Å². The average molecular weight is 779 g/mol. The lowest BCUT2D eigenvalue weighted by atomic mass is 9.52. The predicted molar refractivity (Wildman–Crippen MR) is 192 cm³/mol. The smallest absolute Gasteiger partial charge is 0.186 e. The van der Waals surface area contributed by atoms with Crippen molar-refractivity contribution in [2.75, 3.05) is 27.4 Å². The summed E-state index contributed by atoms with van der Waals surface area (Å²) in [5.74, 6) is 1.36. The van der Waals surface area contributed by atoms with E-state index < -0.39 is 85.7 Å². The summed E-state index contributed by atoms with van der Waals surface area (Å²) < 4.78 is 68.0. The first-order valence-corrected chi connectivity index (χ1v) is 20.7. The summed E-state index contributed by atoms with van der Waals surface area (Å²) in [6, 6.07) is 0. The van der Waals surface area contributed by atoms with E-state index in [-0.39, 0.29) is 35.4 Å². The molecule has 6 aliphatic heterocycles. The standard InChI is InChI=1S/C41H62O14/c1-19-31(43)27(45-6)16-30(49-19)54-33-20(2)50-29(15-26(33)42)55-34-21(3)51-38(32(44)35(34)46-7)52-23-10-12-39(4)22(14-23)8-9-24-25(39)11-13-41-18-48-40(5)36(41)28(17-47-40)53-37(24)41/h8,19-21,23,25-36,38,42-44H,9-18H2,1-7H3/t19-,20-,21-,23+,25+,26+,27+,28-,29+,30+,31-,32-,33-,34-,35-,36-,38+,39+,40-,41+/m1/s1. The first-order valence-electron chi connectivity index (χ1n) is 20.7. The Bertz CT molecular complexity index is 1490. The summed E-state index contributed by atoms with van der Waals surface area (Å²) in [6.07, 6.45) is -0.696. The van der Waals surface area contributed by atoms with Crippen LogP contribution in [-0.4, -0.2) is 141 Å².